The second-order valence-corrected chi connectivity index (χ2v) is 12.6. The smallest absolute Gasteiger partial charge is 0.416 e. The summed E-state index contributed by atoms with van der Waals surface area (Å²) in [6.45, 7) is 9.33. The Morgan fingerprint density at radius 3 is 2.53 bits per heavy atom. The second kappa shape index (κ2) is 13.2. The Bertz CT molecular complexity index is 1810. The van der Waals surface area contributed by atoms with E-state index in [9.17, 15) is 22.8 Å². The van der Waals surface area contributed by atoms with Gasteiger partial charge in [-0.2, -0.15) is 13.2 Å². The zero-order chi connectivity index (χ0) is 32.5. The molecule has 0 unspecified atom stereocenters. The number of ether oxygens (including phenoxy) is 1. The highest BCUT2D eigenvalue weighted by atomic mass is 35.5. The summed E-state index contributed by atoms with van der Waals surface area (Å²) < 4.78 is 46.6. The van der Waals surface area contributed by atoms with Crippen LogP contribution in [0.25, 0.3) is 33.6 Å². The lowest BCUT2D eigenvalue weighted by atomic mass is 9.98. The fourth-order valence-corrected chi connectivity index (χ4v) is 6.47. The van der Waals surface area contributed by atoms with E-state index in [1.54, 1.807) is 35.7 Å². The van der Waals surface area contributed by atoms with Crippen LogP contribution < -0.4 is 10.3 Å². The number of nitrogens with zero attached hydrogens (tertiary/aromatic N) is 3. The zero-order valence-electron chi connectivity index (χ0n) is 25.4. The Balaban J connectivity index is 1.74. The van der Waals surface area contributed by atoms with Crippen molar-refractivity contribution in [2.75, 3.05) is 19.7 Å². The molecule has 0 aliphatic carbocycles. The molecule has 3 heterocycles. The van der Waals surface area contributed by atoms with Crippen LogP contribution in [0.5, 0.6) is 5.75 Å². The first-order chi connectivity index (χ1) is 21.4. The number of hydrogen-bond acceptors (Lipinski definition) is 5. The van der Waals surface area contributed by atoms with Gasteiger partial charge in [0.2, 0.25) is 0 Å². The predicted molar refractivity (Wildman–Crippen MR) is 173 cm³/mol. The maximum Gasteiger partial charge on any atom is 0.416 e. The highest BCUT2D eigenvalue weighted by Gasteiger charge is 2.31. The lowest BCUT2D eigenvalue weighted by molar-refractivity contribution is -0.137. The SMILES string of the molecule is CCOc1ccc(Cl)c(-n2c(C=C(C)C)c(C(=O)N3CCC[C@H](C)C3)cc(-c3nc(-c4ccc(C(F)(F)F)cc4)cs3)c2=O)c1. The van der Waals surface area contributed by atoms with Crippen molar-refractivity contribution >= 4 is 34.9 Å². The van der Waals surface area contributed by atoms with Crippen LogP contribution >= 0.6 is 22.9 Å². The quantitative estimate of drug-likeness (QED) is 0.199. The molecule has 6 nitrogen and oxygen atoms in total. The van der Waals surface area contributed by atoms with E-state index in [1.165, 1.54) is 28.0 Å². The summed E-state index contributed by atoms with van der Waals surface area (Å²) in [7, 11) is 0. The van der Waals surface area contributed by atoms with Gasteiger partial charge in [0.25, 0.3) is 11.5 Å². The third kappa shape index (κ3) is 7.02. The number of rotatable bonds is 7. The number of amides is 1. The largest absolute Gasteiger partial charge is 0.494 e. The van der Waals surface area contributed by atoms with Crippen molar-refractivity contribution in [3.63, 3.8) is 0 Å². The fraction of sp³-hybridized carbons (Fsp3) is 0.324. The van der Waals surface area contributed by atoms with E-state index in [4.69, 9.17) is 16.3 Å². The molecule has 2 aromatic heterocycles. The Hall–Kier alpha value is -3.89. The number of likely N-dealkylation sites (tertiary alicyclic amines) is 1. The summed E-state index contributed by atoms with van der Waals surface area (Å²) >= 11 is 7.89. The number of aromatic nitrogens is 2. The average Bonchev–Trinajstić information content (AvgIpc) is 3.48. The lowest BCUT2D eigenvalue weighted by Gasteiger charge is -2.32. The van der Waals surface area contributed by atoms with Gasteiger partial charge in [0, 0.05) is 30.1 Å². The summed E-state index contributed by atoms with van der Waals surface area (Å²) in [6, 6.07) is 11.3. The topological polar surface area (TPSA) is 64.4 Å². The molecule has 5 rings (SSSR count). The van der Waals surface area contributed by atoms with E-state index in [0.29, 0.717) is 64.6 Å². The van der Waals surface area contributed by atoms with Gasteiger partial charge < -0.3 is 9.64 Å². The van der Waals surface area contributed by atoms with Crippen LogP contribution in [0.2, 0.25) is 5.02 Å². The van der Waals surface area contributed by atoms with Crippen molar-refractivity contribution in [1.82, 2.24) is 14.5 Å². The van der Waals surface area contributed by atoms with Crippen LogP contribution in [0.15, 0.2) is 64.3 Å². The fourth-order valence-electron chi connectivity index (χ4n) is 5.43. The molecule has 1 saturated heterocycles. The Labute approximate surface area is 268 Å². The normalized spacial score (nSPS) is 15.2. The summed E-state index contributed by atoms with van der Waals surface area (Å²) in [5.74, 6) is 0.636. The van der Waals surface area contributed by atoms with Crippen LogP contribution in [0.4, 0.5) is 13.2 Å². The number of halogens is 4. The predicted octanol–water partition coefficient (Wildman–Crippen LogP) is 8.99. The third-order valence-corrected chi connectivity index (χ3v) is 8.75. The Morgan fingerprint density at radius 2 is 1.89 bits per heavy atom. The Morgan fingerprint density at radius 1 is 1.16 bits per heavy atom. The first-order valence-corrected chi connectivity index (χ1v) is 15.9. The molecule has 0 saturated carbocycles. The van der Waals surface area contributed by atoms with Gasteiger partial charge in [-0.1, -0.05) is 36.2 Å². The first-order valence-electron chi connectivity index (χ1n) is 14.7. The first kappa shape index (κ1) is 32.5. The number of carbonyl (C=O) groups is 1. The van der Waals surface area contributed by atoms with E-state index in [0.717, 1.165) is 30.5 Å². The number of alkyl halides is 3. The van der Waals surface area contributed by atoms with Crippen molar-refractivity contribution in [3.8, 4) is 33.3 Å². The average molecular weight is 656 g/mol. The van der Waals surface area contributed by atoms with Gasteiger partial charge in [-0.25, -0.2) is 4.98 Å². The van der Waals surface area contributed by atoms with Crippen molar-refractivity contribution in [2.45, 2.75) is 46.7 Å². The zero-order valence-corrected chi connectivity index (χ0v) is 26.9. The summed E-state index contributed by atoms with van der Waals surface area (Å²) in [5, 5.41) is 2.30. The molecule has 1 aliphatic rings. The van der Waals surface area contributed by atoms with Crippen LogP contribution in [0, 0.1) is 5.92 Å². The molecule has 11 heteroatoms. The standard InChI is InChI=1S/C34H33ClF3N3O3S/c1-5-44-24-12-13-27(35)30(16-24)41-29(15-20(2)3)25(32(42)40-14-6-7-21(4)18-40)17-26(33(41)43)31-39-28(19-45-31)22-8-10-23(11-9-22)34(36,37)38/h8-13,15-17,19,21H,5-7,14,18H2,1-4H3/t21-/m0/s1. The molecule has 2 aromatic carbocycles. The minimum atomic E-state index is -4.46. The number of thiazole rings is 1. The molecule has 1 atom stereocenters. The van der Waals surface area contributed by atoms with E-state index < -0.39 is 17.3 Å². The lowest BCUT2D eigenvalue weighted by Crippen LogP contribution is -2.40. The van der Waals surface area contributed by atoms with E-state index in [-0.39, 0.29) is 16.5 Å². The second-order valence-electron chi connectivity index (χ2n) is 11.4. The van der Waals surface area contributed by atoms with Gasteiger partial charge in [0.05, 0.1) is 45.4 Å². The van der Waals surface area contributed by atoms with Gasteiger partial charge in [0.15, 0.2) is 0 Å². The molecule has 4 aromatic rings. The minimum absolute atomic E-state index is 0.176. The number of allylic oxidation sites excluding steroid dienone is 1. The maximum absolute atomic E-state index is 14.4. The molecular formula is C34H33ClF3N3O3S. The molecule has 236 valence electrons. The molecule has 0 bridgehead atoms. The van der Waals surface area contributed by atoms with Crippen molar-refractivity contribution < 1.29 is 22.7 Å². The van der Waals surface area contributed by atoms with Gasteiger partial charge >= 0.3 is 6.18 Å². The molecule has 45 heavy (non-hydrogen) atoms. The minimum Gasteiger partial charge on any atom is -0.494 e. The van der Waals surface area contributed by atoms with Gasteiger partial charge in [-0.15, -0.1) is 11.3 Å². The summed E-state index contributed by atoms with van der Waals surface area (Å²) in [5.41, 5.74) is 1.78. The highest BCUT2D eigenvalue weighted by Crippen LogP contribution is 2.35. The monoisotopic (exact) mass is 655 g/mol. The number of piperidine rings is 1. The van der Waals surface area contributed by atoms with Crippen molar-refractivity contribution in [2.24, 2.45) is 5.92 Å². The molecule has 0 N–H and O–H groups in total. The van der Waals surface area contributed by atoms with Crippen LogP contribution in [-0.2, 0) is 6.18 Å². The van der Waals surface area contributed by atoms with E-state index in [2.05, 4.69) is 11.9 Å². The van der Waals surface area contributed by atoms with Gasteiger partial charge in [0.1, 0.15) is 10.8 Å². The molecule has 0 radical (unpaired) electrons. The van der Waals surface area contributed by atoms with Crippen molar-refractivity contribution in [3.05, 3.63) is 91.7 Å². The van der Waals surface area contributed by atoms with Gasteiger partial charge in [-0.3, -0.25) is 14.2 Å². The third-order valence-electron chi connectivity index (χ3n) is 7.55. The van der Waals surface area contributed by atoms with E-state index >= 15 is 0 Å². The number of carbonyl (C=O) groups excluding carboxylic acids is 1. The number of pyridine rings is 1. The molecular weight excluding hydrogens is 623 g/mol. The molecule has 1 amide bonds. The number of benzene rings is 2. The van der Waals surface area contributed by atoms with Gasteiger partial charge in [-0.05, 0) is 75.9 Å². The van der Waals surface area contributed by atoms with Crippen LogP contribution in [-0.4, -0.2) is 40.1 Å². The summed E-state index contributed by atoms with van der Waals surface area (Å²) in [4.78, 5) is 35.1. The van der Waals surface area contributed by atoms with Crippen LogP contribution in [0.3, 0.4) is 0 Å². The number of hydrogen-bond donors (Lipinski definition) is 0. The maximum atomic E-state index is 14.4. The summed E-state index contributed by atoms with van der Waals surface area (Å²) in [6.07, 6.45) is -0.756. The van der Waals surface area contributed by atoms with E-state index in [1.807, 2.05) is 25.7 Å². The van der Waals surface area contributed by atoms with Crippen LogP contribution in [0.1, 0.15) is 62.2 Å². The molecule has 0 spiro atoms. The highest BCUT2D eigenvalue weighted by molar-refractivity contribution is 7.13. The van der Waals surface area contributed by atoms with Crippen molar-refractivity contribution in [1.29, 1.82) is 0 Å². The Kier molecular flexibility index (Phi) is 9.55. The molecule has 1 fully saturated rings. The molecule has 1 aliphatic heterocycles.